The van der Waals surface area contributed by atoms with E-state index in [4.69, 9.17) is 66.3 Å². The van der Waals surface area contributed by atoms with Gasteiger partial charge in [-0.05, 0) is 71.9 Å². The van der Waals surface area contributed by atoms with Crippen LogP contribution >= 0.6 is 0 Å². The summed E-state index contributed by atoms with van der Waals surface area (Å²) in [5, 5.41) is 80.6. The first kappa shape index (κ1) is 72.6. The SMILES string of the molecule is CCCCCC1CCCCCCCCCC(=O)OC2C(O)C(OC(C)C2OC2OC(C)C(OC3OC(C)C(O)C(OC(=O)C(C)C)C3OC(=O)C=Cc3ccccc3)C(OC3OC(C)C(O)C(O)C3O)C2OC(=O)C(C)CC)OC2C(O1)OC(C)C(O)C2O. The predicted octanol–water partition coefficient (Wildman–Crippen LogP) is 4.33. The molecule has 6 aliphatic heterocycles. The maximum absolute atomic E-state index is 14.3. The van der Waals surface area contributed by atoms with Crippen LogP contribution in [0, 0.1) is 11.8 Å². The predicted molar refractivity (Wildman–Crippen MR) is 313 cm³/mol. The van der Waals surface area contributed by atoms with Crippen molar-refractivity contribution in [2.75, 3.05) is 0 Å². The van der Waals surface area contributed by atoms with Crippen molar-refractivity contribution in [3.05, 3.63) is 42.0 Å². The smallest absolute Gasteiger partial charge is 0.331 e. The molecule has 0 spiro atoms. The van der Waals surface area contributed by atoms with Crippen molar-refractivity contribution in [2.24, 2.45) is 11.8 Å². The van der Waals surface area contributed by atoms with Gasteiger partial charge in [0.05, 0.1) is 48.5 Å². The largest absolute Gasteiger partial charge is 0.456 e. The van der Waals surface area contributed by atoms with Crippen molar-refractivity contribution in [3.8, 4) is 0 Å². The minimum Gasteiger partial charge on any atom is -0.456 e. The number of hydrogen-bond acceptors (Lipinski definition) is 25. The monoisotopic (exact) mass is 1270 g/mol. The molecule has 89 heavy (non-hydrogen) atoms. The Kier molecular flexibility index (Phi) is 28.0. The molecule has 1 aromatic rings. The lowest BCUT2D eigenvalue weighted by Crippen LogP contribution is -2.68. The number of benzene rings is 1. The van der Waals surface area contributed by atoms with Gasteiger partial charge in [0.25, 0.3) is 0 Å². The number of fused-ring (bicyclic) bond motifs is 3. The Morgan fingerprint density at radius 1 is 0.528 bits per heavy atom. The Balaban J connectivity index is 1.27. The van der Waals surface area contributed by atoms with Crippen LogP contribution in [-0.4, -0.2) is 219 Å². The van der Waals surface area contributed by atoms with Crippen molar-refractivity contribution in [3.63, 3.8) is 0 Å². The van der Waals surface area contributed by atoms with E-state index in [-0.39, 0.29) is 18.9 Å². The molecule has 6 fully saturated rings. The van der Waals surface area contributed by atoms with E-state index < -0.39 is 189 Å². The highest BCUT2D eigenvalue weighted by molar-refractivity contribution is 5.87. The third-order valence-corrected chi connectivity index (χ3v) is 17.6. The maximum Gasteiger partial charge on any atom is 0.331 e. The molecule has 0 aromatic heterocycles. The molecule has 2 bridgehead atoms. The van der Waals surface area contributed by atoms with Gasteiger partial charge < -0.3 is 102 Å². The van der Waals surface area contributed by atoms with Crippen LogP contribution in [0.2, 0.25) is 0 Å². The second-order valence-corrected chi connectivity index (χ2v) is 25.0. The lowest BCUT2D eigenvalue weighted by molar-refractivity contribution is -0.399. The van der Waals surface area contributed by atoms with Gasteiger partial charge in [-0.1, -0.05) is 123 Å². The molecule has 0 amide bonds. The number of aliphatic hydroxyl groups excluding tert-OH is 7. The van der Waals surface area contributed by atoms with Gasteiger partial charge in [-0.3, -0.25) is 14.4 Å². The van der Waals surface area contributed by atoms with Crippen LogP contribution in [0.5, 0.6) is 0 Å². The fourth-order valence-electron chi connectivity index (χ4n) is 11.7. The van der Waals surface area contributed by atoms with Gasteiger partial charge in [0.2, 0.25) is 0 Å². The molecule has 25 nitrogen and oxygen atoms in total. The first-order chi connectivity index (χ1) is 42.4. The number of unbranched alkanes of at least 4 members (excludes halogenated alkanes) is 2. The van der Waals surface area contributed by atoms with E-state index in [0.29, 0.717) is 24.8 Å². The molecule has 0 aliphatic carbocycles. The molecular formula is C64H100O25. The number of carbonyl (C=O) groups excluding carboxylic acids is 4. The Bertz CT molecular complexity index is 2360. The van der Waals surface area contributed by atoms with Gasteiger partial charge >= 0.3 is 23.9 Å². The third kappa shape index (κ3) is 19.2. The molecular weight excluding hydrogens is 1170 g/mol. The van der Waals surface area contributed by atoms with Crippen molar-refractivity contribution in [1.82, 2.24) is 0 Å². The molecule has 6 heterocycles. The Hall–Kier alpha value is -3.84. The Labute approximate surface area is 522 Å². The third-order valence-electron chi connectivity index (χ3n) is 17.6. The summed E-state index contributed by atoms with van der Waals surface area (Å²) in [6, 6.07) is 8.81. The van der Waals surface area contributed by atoms with Crippen LogP contribution < -0.4 is 0 Å². The topological polar surface area (TPSA) is 339 Å². The van der Waals surface area contributed by atoms with Crippen LogP contribution in [0.1, 0.15) is 165 Å². The average molecular weight is 1270 g/mol. The van der Waals surface area contributed by atoms with Gasteiger partial charge in [0.1, 0.15) is 67.1 Å². The molecule has 7 N–H and O–H groups in total. The van der Waals surface area contributed by atoms with Crippen LogP contribution in [-0.2, 0) is 85.5 Å². The summed E-state index contributed by atoms with van der Waals surface area (Å²) in [5.74, 6) is -4.76. The van der Waals surface area contributed by atoms with E-state index in [1.807, 2.05) is 0 Å². The highest BCUT2D eigenvalue weighted by Crippen LogP contribution is 2.40. The fourth-order valence-corrected chi connectivity index (χ4v) is 11.7. The van der Waals surface area contributed by atoms with Crippen molar-refractivity contribution in [1.29, 1.82) is 0 Å². The van der Waals surface area contributed by atoms with E-state index in [1.165, 1.54) is 33.8 Å². The molecule has 1 aromatic carbocycles. The summed E-state index contributed by atoms with van der Waals surface area (Å²) in [5.41, 5.74) is 0.638. The summed E-state index contributed by atoms with van der Waals surface area (Å²) < 4.78 is 89.2. The van der Waals surface area contributed by atoms with Gasteiger partial charge in [-0.15, -0.1) is 0 Å². The summed E-state index contributed by atoms with van der Waals surface area (Å²) >= 11 is 0. The first-order valence-corrected chi connectivity index (χ1v) is 32.3. The zero-order valence-electron chi connectivity index (χ0n) is 53.1. The molecule has 0 radical (unpaired) electrons. The Morgan fingerprint density at radius 2 is 1.09 bits per heavy atom. The van der Waals surface area contributed by atoms with Crippen LogP contribution in [0.4, 0.5) is 0 Å². The lowest BCUT2D eigenvalue weighted by atomic mass is 9.95. The quantitative estimate of drug-likeness (QED) is 0.0465. The summed E-state index contributed by atoms with van der Waals surface area (Å²) in [6.07, 6.45) is -26.6. The molecule has 0 saturated carbocycles. The van der Waals surface area contributed by atoms with Gasteiger partial charge in [0.15, 0.2) is 55.9 Å². The van der Waals surface area contributed by atoms with E-state index >= 15 is 0 Å². The molecule has 27 atom stereocenters. The lowest BCUT2D eigenvalue weighted by Gasteiger charge is -2.51. The number of esters is 4. The maximum atomic E-state index is 14.3. The highest BCUT2D eigenvalue weighted by atomic mass is 16.8. The number of aliphatic hydroxyl groups is 7. The molecule has 506 valence electrons. The molecule has 6 aliphatic rings. The number of rotatable bonds is 18. The normalized spacial score (nSPS) is 41.0. The summed E-state index contributed by atoms with van der Waals surface area (Å²) in [4.78, 5) is 55.6. The van der Waals surface area contributed by atoms with Crippen molar-refractivity contribution in [2.45, 2.75) is 319 Å². The molecule has 25 heteroatoms. The van der Waals surface area contributed by atoms with Crippen LogP contribution in [0.15, 0.2) is 36.4 Å². The van der Waals surface area contributed by atoms with E-state index in [9.17, 15) is 54.9 Å². The second-order valence-electron chi connectivity index (χ2n) is 25.0. The molecule has 27 unspecified atom stereocenters. The van der Waals surface area contributed by atoms with Crippen molar-refractivity contribution >= 4 is 30.0 Å². The number of hydrogen-bond donors (Lipinski definition) is 7. The summed E-state index contributed by atoms with van der Waals surface area (Å²) in [6.45, 7) is 16.1. The highest BCUT2D eigenvalue weighted by Gasteiger charge is 2.59. The zero-order chi connectivity index (χ0) is 64.8. The number of carbonyl (C=O) groups is 4. The van der Waals surface area contributed by atoms with Gasteiger partial charge in [-0.25, -0.2) is 4.79 Å². The van der Waals surface area contributed by atoms with E-state index in [1.54, 1.807) is 65.0 Å². The second kappa shape index (κ2) is 34.4. The standard InChI is InChI=1S/C64H100O25/c1-11-13-20-27-40-28-23-17-15-14-16-18-24-29-41(65)82-53-49(73)61(88-54-47(71)44(68)35(7)77-62(54)81-40)79-37(9)50(53)86-64-57(85-59(75)33(5)12-2)55(89-60-48(72)46(70)43(67)34(6)76-60)51(38(10)80-64)87-63-56(83-42(66)31-30-39-25-21-19-22-26-39)52(45(69)36(8)78-63)84-58(74)32(3)4/h19,21-22,25-26,30-38,40,43-57,60-64,67-73H,11-18,20,23-24,27-29H2,1-10H3. The number of ether oxygens (including phenoxy) is 14. The van der Waals surface area contributed by atoms with Gasteiger partial charge in [-0.2, -0.15) is 0 Å². The van der Waals surface area contributed by atoms with E-state index in [2.05, 4.69) is 6.92 Å². The Morgan fingerprint density at radius 3 is 1.76 bits per heavy atom. The van der Waals surface area contributed by atoms with E-state index in [0.717, 1.165) is 63.9 Å². The molecule has 7 rings (SSSR count). The van der Waals surface area contributed by atoms with Crippen LogP contribution in [0.3, 0.4) is 0 Å². The van der Waals surface area contributed by atoms with Crippen molar-refractivity contribution < 1.29 is 121 Å². The minimum absolute atomic E-state index is 0.0505. The fraction of sp³-hybridized carbons (Fsp3) is 0.812. The van der Waals surface area contributed by atoms with Gasteiger partial charge in [0, 0.05) is 12.5 Å². The molecule has 6 saturated heterocycles. The first-order valence-electron chi connectivity index (χ1n) is 32.3. The summed E-state index contributed by atoms with van der Waals surface area (Å²) in [7, 11) is 0. The average Bonchev–Trinajstić information content (AvgIpc) is 0.900. The van der Waals surface area contributed by atoms with Crippen LogP contribution in [0.25, 0.3) is 6.08 Å². The minimum atomic E-state index is -1.96. The zero-order valence-corrected chi connectivity index (χ0v) is 53.1.